The van der Waals surface area contributed by atoms with Gasteiger partial charge >= 0.3 is 0 Å². The molecule has 0 bridgehead atoms. The molecule has 0 unspecified atom stereocenters. The zero-order valence-electron chi connectivity index (χ0n) is 18.5. The number of fused-ring (bicyclic) bond motifs is 6. The molecule has 0 aliphatic heterocycles. The van der Waals surface area contributed by atoms with Gasteiger partial charge < -0.3 is 4.42 Å². The topological polar surface area (TPSA) is 16.4 Å². The zero-order valence-corrected chi connectivity index (χ0v) is 18.5. The SMILES string of the molecule is c1ccc(N(c2ccccc2)c2cc3c(ccc4c5cc6ccccc6cc5ccc34)o2)cc1. The Morgan fingerprint density at radius 1 is 0.412 bits per heavy atom. The molecule has 160 valence electrons. The van der Waals surface area contributed by atoms with Crippen molar-refractivity contribution in [2.75, 3.05) is 4.90 Å². The smallest absolute Gasteiger partial charge is 0.205 e. The van der Waals surface area contributed by atoms with Crippen molar-refractivity contribution in [2.45, 2.75) is 0 Å². The van der Waals surface area contributed by atoms with Crippen LogP contribution in [0.3, 0.4) is 0 Å². The second kappa shape index (κ2) is 7.50. The van der Waals surface area contributed by atoms with Crippen LogP contribution in [-0.2, 0) is 0 Å². The number of hydrogen-bond donors (Lipinski definition) is 0. The Bertz CT molecular complexity index is 1760. The van der Waals surface area contributed by atoms with E-state index in [0.717, 1.165) is 28.2 Å². The van der Waals surface area contributed by atoms with Crippen LogP contribution in [0.15, 0.2) is 132 Å². The van der Waals surface area contributed by atoms with Crippen LogP contribution in [0.4, 0.5) is 17.3 Å². The molecule has 34 heavy (non-hydrogen) atoms. The van der Waals surface area contributed by atoms with Gasteiger partial charge in [0.15, 0.2) is 0 Å². The molecule has 7 aromatic rings. The zero-order chi connectivity index (χ0) is 22.5. The van der Waals surface area contributed by atoms with Crippen molar-refractivity contribution in [1.82, 2.24) is 0 Å². The molecule has 0 saturated carbocycles. The minimum Gasteiger partial charge on any atom is -0.440 e. The second-order valence-electron chi connectivity index (χ2n) is 8.65. The molecule has 1 aromatic heterocycles. The predicted octanol–water partition coefficient (Wildman–Crippen LogP) is 9.36. The molecular weight excluding hydrogens is 414 g/mol. The Morgan fingerprint density at radius 3 is 1.71 bits per heavy atom. The fraction of sp³-hybridized carbons (Fsp3) is 0. The first-order valence-electron chi connectivity index (χ1n) is 11.5. The lowest BCUT2D eigenvalue weighted by molar-refractivity contribution is 0.621. The van der Waals surface area contributed by atoms with E-state index in [0.29, 0.717) is 0 Å². The minimum atomic E-state index is 0.804. The highest BCUT2D eigenvalue weighted by Gasteiger charge is 2.18. The normalized spacial score (nSPS) is 11.5. The van der Waals surface area contributed by atoms with Crippen molar-refractivity contribution < 1.29 is 4.42 Å². The average Bonchev–Trinajstić information content (AvgIpc) is 3.33. The Hall–Kier alpha value is -4.56. The molecule has 0 fully saturated rings. The molecule has 0 aliphatic rings. The molecule has 7 rings (SSSR count). The molecule has 6 aromatic carbocycles. The second-order valence-corrected chi connectivity index (χ2v) is 8.65. The summed E-state index contributed by atoms with van der Waals surface area (Å²) < 4.78 is 6.46. The van der Waals surface area contributed by atoms with E-state index in [1.54, 1.807) is 0 Å². The molecule has 1 heterocycles. The molecule has 0 amide bonds. The fourth-order valence-corrected chi connectivity index (χ4v) is 5.00. The highest BCUT2D eigenvalue weighted by molar-refractivity contribution is 6.19. The van der Waals surface area contributed by atoms with Crippen LogP contribution >= 0.6 is 0 Å². The first-order valence-corrected chi connectivity index (χ1v) is 11.5. The summed E-state index contributed by atoms with van der Waals surface area (Å²) in [5, 5.41) is 8.62. The lowest BCUT2D eigenvalue weighted by Gasteiger charge is -2.22. The quantitative estimate of drug-likeness (QED) is 0.203. The van der Waals surface area contributed by atoms with Gasteiger partial charge in [-0.05, 0) is 74.8 Å². The van der Waals surface area contributed by atoms with Gasteiger partial charge in [0.05, 0.1) is 0 Å². The molecule has 0 radical (unpaired) electrons. The highest BCUT2D eigenvalue weighted by Crippen LogP contribution is 2.41. The van der Waals surface area contributed by atoms with Gasteiger partial charge in [-0.2, -0.15) is 0 Å². The van der Waals surface area contributed by atoms with Crippen LogP contribution in [0.5, 0.6) is 0 Å². The van der Waals surface area contributed by atoms with Crippen LogP contribution in [-0.4, -0.2) is 0 Å². The molecule has 0 saturated heterocycles. The van der Waals surface area contributed by atoms with Crippen molar-refractivity contribution in [3.63, 3.8) is 0 Å². The first-order chi connectivity index (χ1) is 16.8. The van der Waals surface area contributed by atoms with Crippen LogP contribution in [0.2, 0.25) is 0 Å². The molecule has 0 aliphatic carbocycles. The average molecular weight is 436 g/mol. The standard InChI is InChI=1S/C32H21NO/c1-3-11-25(12-4-1)33(26-13-5-2-6-14-26)32-21-30-28-16-15-24-19-22-9-7-8-10-23(22)20-29(24)27(28)17-18-31(30)34-32/h1-21H. The van der Waals surface area contributed by atoms with Crippen LogP contribution in [0.25, 0.3) is 43.3 Å². The van der Waals surface area contributed by atoms with Crippen molar-refractivity contribution in [3.05, 3.63) is 127 Å². The number of rotatable bonds is 3. The summed E-state index contributed by atoms with van der Waals surface area (Å²) in [6.45, 7) is 0. The monoisotopic (exact) mass is 435 g/mol. The molecule has 0 N–H and O–H groups in total. The third-order valence-corrected chi connectivity index (χ3v) is 6.62. The lowest BCUT2D eigenvalue weighted by Crippen LogP contribution is -2.08. The number of benzene rings is 6. The summed E-state index contributed by atoms with van der Waals surface area (Å²) in [6.07, 6.45) is 0. The highest BCUT2D eigenvalue weighted by atomic mass is 16.4. The van der Waals surface area contributed by atoms with Crippen molar-refractivity contribution in [1.29, 1.82) is 0 Å². The maximum Gasteiger partial charge on any atom is 0.205 e. The van der Waals surface area contributed by atoms with Gasteiger partial charge in [0.25, 0.3) is 0 Å². The Morgan fingerprint density at radius 2 is 1.00 bits per heavy atom. The number of furan rings is 1. The third-order valence-electron chi connectivity index (χ3n) is 6.62. The van der Waals surface area contributed by atoms with Gasteiger partial charge in [0.2, 0.25) is 5.88 Å². The van der Waals surface area contributed by atoms with Gasteiger partial charge in [0, 0.05) is 22.8 Å². The number of para-hydroxylation sites is 2. The largest absolute Gasteiger partial charge is 0.440 e. The molecule has 2 nitrogen and oxygen atoms in total. The predicted molar refractivity (Wildman–Crippen MR) is 143 cm³/mol. The molecule has 0 spiro atoms. The fourth-order valence-electron chi connectivity index (χ4n) is 5.00. The van der Waals surface area contributed by atoms with E-state index in [1.807, 2.05) is 12.1 Å². The summed E-state index contributed by atoms with van der Waals surface area (Å²) in [6, 6.07) is 44.8. The summed E-state index contributed by atoms with van der Waals surface area (Å²) in [4.78, 5) is 2.17. The van der Waals surface area contributed by atoms with E-state index in [-0.39, 0.29) is 0 Å². The van der Waals surface area contributed by atoms with Crippen LogP contribution in [0, 0.1) is 0 Å². The number of anilines is 3. The first kappa shape index (κ1) is 19.0. The Kier molecular flexibility index (Phi) is 4.18. The summed E-state index contributed by atoms with van der Waals surface area (Å²) in [5.74, 6) is 0.804. The summed E-state index contributed by atoms with van der Waals surface area (Å²) in [5.41, 5.74) is 3.02. The van der Waals surface area contributed by atoms with E-state index in [9.17, 15) is 0 Å². The van der Waals surface area contributed by atoms with Crippen molar-refractivity contribution in [3.8, 4) is 0 Å². The van der Waals surface area contributed by atoms with Gasteiger partial charge in [0.1, 0.15) is 5.58 Å². The minimum absolute atomic E-state index is 0.804. The van der Waals surface area contributed by atoms with Crippen molar-refractivity contribution in [2.24, 2.45) is 0 Å². The van der Waals surface area contributed by atoms with E-state index >= 15 is 0 Å². The molecular formula is C32H21NO. The summed E-state index contributed by atoms with van der Waals surface area (Å²) in [7, 11) is 0. The van der Waals surface area contributed by atoms with Gasteiger partial charge in [-0.3, -0.25) is 4.90 Å². The van der Waals surface area contributed by atoms with Crippen molar-refractivity contribution >= 4 is 60.5 Å². The van der Waals surface area contributed by atoms with Gasteiger partial charge in [-0.1, -0.05) is 78.9 Å². The van der Waals surface area contributed by atoms with E-state index < -0.39 is 0 Å². The van der Waals surface area contributed by atoms with E-state index in [1.165, 1.54) is 32.3 Å². The molecule has 2 heteroatoms. The van der Waals surface area contributed by atoms with E-state index in [2.05, 4.69) is 120 Å². The van der Waals surface area contributed by atoms with Crippen LogP contribution in [0.1, 0.15) is 0 Å². The Labute approximate surface area is 197 Å². The number of nitrogens with zero attached hydrogens (tertiary/aromatic N) is 1. The van der Waals surface area contributed by atoms with Gasteiger partial charge in [-0.15, -0.1) is 0 Å². The maximum absolute atomic E-state index is 6.46. The lowest BCUT2D eigenvalue weighted by atomic mass is 9.97. The third kappa shape index (κ3) is 2.96. The number of hydrogen-bond acceptors (Lipinski definition) is 2. The van der Waals surface area contributed by atoms with E-state index in [4.69, 9.17) is 4.42 Å². The summed E-state index contributed by atoms with van der Waals surface area (Å²) >= 11 is 0. The van der Waals surface area contributed by atoms with Crippen LogP contribution < -0.4 is 4.90 Å². The molecule has 0 atom stereocenters. The van der Waals surface area contributed by atoms with Gasteiger partial charge in [-0.25, -0.2) is 0 Å². The maximum atomic E-state index is 6.46. The Balaban J connectivity index is 1.47.